The summed E-state index contributed by atoms with van der Waals surface area (Å²) in [6.45, 7) is -0.295. The van der Waals surface area contributed by atoms with Crippen molar-refractivity contribution in [3.8, 4) is 11.3 Å². The Kier molecular flexibility index (Phi) is 3.36. The molecule has 0 aliphatic carbocycles. The predicted octanol–water partition coefficient (Wildman–Crippen LogP) is 3.17. The first-order valence-corrected chi connectivity index (χ1v) is 5.21. The third-order valence-corrected chi connectivity index (χ3v) is 2.51. The Balaban J connectivity index is 2.62. The third-order valence-electron chi connectivity index (χ3n) is 2.30. The highest BCUT2D eigenvalue weighted by Crippen LogP contribution is 2.26. The van der Waals surface area contributed by atoms with Crippen LogP contribution >= 0.6 is 11.6 Å². The molecule has 1 aromatic carbocycles. The third kappa shape index (κ3) is 2.43. The monoisotopic (exact) mass is 255 g/mol. The Labute approximate surface area is 102 Å². The SMILES string of the molecule is OCc1ccc(Cl)nc1-c1ccc(F)cc1F. The van der Waals surface area contributed by atoms with E-state index in [4.69, 9.17) is 16.7 Å². The van der Waals surface area contributed by atoms with Gasteiger partial charge >= 0.3 is 0 Å². The van der Waals surface area contributed by atoms with Gasteiger partial charge in [0.2, 0.25) is 0 Å². The van der Waals surface area contributed by atoms with Crippen LogP contribution in [0, 0.1) is 11.6 Å². The van der Waals surface area contributed by atoms with Crippen LogP contribution in [0.2, 0.25) is 5.15 Å². The van der Waals surface area contributed by atoms with Crippen molar-refractivity contribution >= 4 is 11.6 Å². The molecule has 0 saturated carbocycles. The lowest BCUT2D eigenvalue weighted by atomic mass is 10.1. The molecule has 0 atom stereocenters. The molecule has 1 heterocycles. The molecule has 0 amide bonds. The quantitative estimate of drug-likeness (QED) is 0.836. The number of hydrogen-bond donors (Lipinski definition) is 1. The molecule has 0 aliphatic heterocycles. The molecule has 2 rings (SSSR count). The van der Waals surface area contributed by atoms with Crippen LogP contribution in [0.4, 0.5) is 8.78 Å². The van der Waals surface area contributed by atoms with Gasteiger partial charge in [0.15, 0.2) is 0 Å². The molecular formula is C12H8ClF2NO. The van der Waals surface area contributed by atoms with Crippen molar-refractivity contribution in [3.05, 3.63) is 52.7 Å². The van der Waals surface area contributed by atoms with Gasteiger partial charge in [0.25, 0.3) is 0 Å². The van der Waals surface area contributed by atoms with Crippen LogP contribution in [0.5, 0.6) is 0 Å². The molecule has 1 aromatic heterocycles. The molecule has 0 radical (unpaired) electrons. The molecule has 2 aromatic rings. The fraction of sp³-hybridized carbons (Fsp3) is 0.0833. The van der Waals surface area contributed by atoms with Crippen LogP contribution in [-0.2, 0) is 6.61 Å². The second-order valence-corrected chi connectivity index (χ2v) is 3.81. The van der Waals surface area contributed by atoms with E-state index in [0.29, 0.717) is 5.56 Å². The zero-order valence-corrected chi connectivity index (χ0v) is 9.38. The lowest BCUT2D eigenvalue weighted by Gasteiger charge is -2.08. The van der Waals surface area contributed by atoms with E-state index in [1.165, 1.54) is 12.1 Å². The van der Waals surface area contributed by atoms with Crippen molar-refractivity contribution in [2.75, 3.05) is 0 Å². The average Bonchev–Trinajstić information content (AvgIpc) is 2.29. The standard InChI is InChI=1S/C12H8ClF2NO/c13-11-4-1-7(6-17)12(16-11)9-3-2-8(14)5-10(9)15/h1-5,17H,6H2. The molecule has 2 nitrogen and oxygen atoms in total. The summed E-state index contributed by atoms with van der Waals surface area (Å²) in [5, 5.41) is 9.32. The Bertz CT molecular complexity index is 560. The van der Waals surface area contributed by atoms with Gasteiger partial charge in [-0.2, -0.15) is 0 Å². The van der Waals surface area contributed by atoms with E-state index in [1.807, 2.05) is 0 Å². The van der Waals surface area contributed by atoms with E-state index in [-0.39, 0.29) is 23.0 Å². The molecule has 0 fully saturated rings. The number of benzene rings is 1. The van der Waals surface area contributed by atoms with Gasteiger partial charge in [-0.15, -0.1) is 0 Å². The predicted molar refractivity (Wildman–Crippen MR) is 60.5 cm³/mol. The highest BCUT2D eigenvalue weighted by Gasteiger charge is 2.12. The zero-order chi connectivity index (χ0) is 12.4. The molecule has 17 heavy (non-hydrogen) atoms. The summed E-state index contributed by atoms with van der Waals surface area (Å²) in [6, 6.07) is 6.20. The second kappa shape index (κ2) is 4.77. The van der Waals surface area contributed by atoms with Crippen LogP contribution in [0.3, 0.4) is 0 Å². The number of rotatable bonds is 2. The molecule has 0 bridgehead atoms. The van der Waals surface area contributed by atoms with Gasteiger partial charge in [-0.05, 0) is 18.2 Å². The maximum absolute atomic E-state index is 13.6. The Hall–Kier alpha value is -1.52. The molecular weight excluding hydrogens is 248 g/mol. The van der Waals surface area contributed by atoms with Gasteiger partial charge in [0.1, 0.15) is 16.8 Å². The Morgan fingerprint density at radius 1 is 1.18 bits per heavy atom. The van der Waals surface area contributed by atoms with Crippen molar-refractivity contribution in [1.82, 2.24) is 4.98 Å². The summed E-state index contributed by atoms with van der Waals surface area (Å²) in [4.78, 5) is 3.95. The van der Waals surface area contributed by atoms with E-state index in [2.05, 4.69) is 4.98 Å². The summed E-state index contributed by atoms with van der Waals surface area (Å²) >= 11 is 5.72. The van der Waals surface area contributed by atoms with Gasteiger partial charge in [-0.25, -0.2) is 13.8 Å². The minimum Gasteiger partial charge on any atom is -0.392 e. The normalized spacial score (nSPS) is 10.6. The molecule has 0 saturated heterocycles. The van der Waals surface area contributed by atoms with Crippen molar-refractivity contribution in [3.63, 3.8) is 0 Å². The number of aromatic nitrogens is 1. The lowest BCUT2D eigenvalue weighted by Crippen LogP contribution is -1.96. The number of aliphatic hydroxyl groups is 1. The fourth-order valence-electron chi connectivity index (χ4n) is 1.51. The van der Waals surface area contributed by atoms with Gasteiger partial charge < -0.3 is 5.11 Å². The van der Waals surface area contributed by atoms with Crippen molar-refractivity contribution in [2.24, 2.45) is 0 Å². The van der Waals surface area contributed by atoms with Crippen LogP contribution in [-0.4, -0.2) is 10.1 Å². The molecule has 1 N–H and O–H groups in total. The largest absolute Gasteiger partial charge is 0.392 e. The Morgan fingerprint density at radius 2 is 1.94 bits per heavy atom. The number of pyridine rings is 1. The number of hydrogen-bond acceptors (Lipinski definition) is 2. The van der Waals surface area contributed by atoms with Crippen LogP contribution in [0.25, 0.3) is 11.3 Å². The van der Waals surface area contributed by atoms with E-state index >= 15 is 0 Å². The van der Waals surface area contributed by atoms with E-state index in [1.54, 1.807) is 6.07 Å². The maximum atomic E-state index is 13.6. The molecule has 0 spiro atoms. The van der Waals surface area contributed by atoms with E-state index in [0.717, 1.165) is 12.1 Å². The first-order chi connectivity index (χ1) is 8.11. The highest BCUT2D eigenvalue weighted by molar-refractivity contribution is 6.29. The molecule has 88 valence electrons. The van der Waals surface area contributed by atoms with Crippen LogP contribution < -0.4 is 0 Å². The first kappa shape index (κ1) is 12.0. The van der Waals surface area contributed by atoms with Crippen LogP contribution in [0.1, 0.15) is 5.56 Å². The minimum atomic E-state index is -0.741. The number of halogens is 3. The second-order valence-electron chi connectivity index (χ2n) is 3.42. The number of aliphatic hydroxyl groups excluding tert-OH is 1. The van der Waals surface area contributed by atoms with Crippen molar-refractivity contribution in [2.45, 2.75) is 6.61 Å². The highest BCUT2D eigenvalue weighted by atomic mass is 35.5. The van der Waals surface area contributed by atoms with E-state index in [9.17, 15) is 8.78 Å². The van der Waals surface area contributed by atoms with E-state index < -0.39 is 11.6 Å². The van der Waals surface area contributed by atoms with Gasteiger partial charge in [-0.3, -0.25) is 0 Å². The topological polar surface area (TPSA) is 33.1 Å². The van der Waals surface area contributed by atoms with Gasteiger partial charge in [-0.1, -0.05) is 17.7 Å². The van der Waals surface area contributed by atoms with Gasteiger partial charge in [0, 0.05) is 17.2 Å². The fourth-order valence-corrected chi connectivity index (χ4v) is 1.65. The maximum Gasteiger partial charge on any atom is 0.135 e. The van der Waals surface area contributed by atoms with Crippen LogP contribution in [0.15, 0.2) is 30.3 Å². The summed E-state index contributed by atoms with van der Waals surface area (Å²) in [5.41, 5.74) is 0.760. The average molecular weight is 256 g/mol. The molecule has 5 heteroatoms. The lowest BCUT2D eigenvalue weighted by molar-refractivity contribution is 0.282. The summed E-state index contributed by atoms with van der Waals surface area (Å²) in [6.07, 6.45) is 0. The number of nitrogens with zero attached hydrogens (tertiary/aromatic N) is 1. The summed E-state index contributed by atoms with van der Waals surface area (Å²) < 4.78 is 26.4. The summed E-state index contributed by atoms with van der Waals surface area (Å²) in [7, 11) is 0. The molecule has 0 unspecified atom stereocenters. The Morgan fingerprint density at radius 3 is 2.59 bits per heavy atom. The van der Waals surface area contributed by atoms with Gasteiger partial charge in [0.05, 0.1) is 12.3 Å². The minimum absolute atomic E-state index is 0.109. The molecule has 0 aliphatic rings. The zero-order valence-electron chi connectivity index (χ0n) is 8.62. The van der Waals surface area contributed by atoms with Crippen molar-refractivity contribution < 1.29 is 13.9 Å². The first-order valence-electron chi connectivity index (χ1n) is 4.83. The van der Waals surface area contributed by atoms with Crippen molar-refractivity contribution in [1.29, 1.82) is 0 Å². The smallest absolute Gasteiger partial charge is 0.135 e. The summed E-state index contributed by atoms with van der Waals surface area (Å²) in [5.74, 6) is -1.41.